The summed E-state index contributed by atoms with van der Waals surface area (Å²) in [6, 6.07) is 17.4. The molecule has 0 fully saturated rings. The molecule has 0 saturated heterocycles. The summed E-state index contributed by atoms with van der Waals surface area (Å²) in [5.41, 5.74) is 0.399. The molecule has 3 aromatic rings. The molecule has 1 heterocycles. The second kappa shape index (κ2) is 8.66. The fraction of sp³-hybridized carbons (Fsp3) is 0.100. The van der Waals surface area contributed by atoms with Crippen molar-refractivity contribution in [1.29, 1.82) is 0 Å². The fourth-order valence-electron chi connectivity index (χ4n) is 2.17. The number of carbonyl (C=O) groups is 2. The van der Waals surface area contributed by atoms with Crippen LogP contribution in [-0.4, -0.2) is 18.5 Å². The Morgan fingerprint density at radius 3 is 2.44 bits per heavy atom. The van der Waals surface area contributed by atoms with Crippen molar-refractivity contribution in [3.05, 3.63) is 84.1 Å². The normalized spacial score (nSPS) is 10.3. The van der Waals surface area contributed by atoms with Crippen LogP contribution in [0.3, 0.4) is 0 Å². The summed E-state index contributed by atoms with van der Waals surface area (Å²) in [6.45, 7) is -0.338. The first-order chi connectivity index (χ1) is 13.1. The molecule has 0 aliphatic rings. The van der Waals surface area contributed by atoms with Gasteiger partial charge in [0.2, 0.25) is 5.76 Å². The molecule has 1 aromatic heterocycles. The average molecular weight is 369 g/mol. The summed E-state index contributed by atoms with van der Waals surface area (Å²) >= 11 is 0. The molecular weight excluding hydrogens is 353 g/mol. The van der Waals surface area contributed by atoms with Crippen molar-refractivity contribution >= 4 is 17.6 Å². The highest BCUT2D eigenvalue weighted by Gasteiger charge is 2.15. The van der Waals surface area contributed by atoms with E-state index in [0.29, 0.717) is 17.2 Å². The zero-order valence-corrected chi connectivity index (χ0v) is 14.2. The summed E-state index contributed by atoms with van der Waals surface area (Å²) in [6.07, 6.45) is 0. The summed E-state index contributed by atoms with van der Waals surface area (Å²) in [7, 11) is 0. The van der Waals surface area contributed by atoms with Crippen molar-refractivity contribution in [3.8, 4) is 5.75 Å². The van der Waals surface area contributed by atoms with Crippen LogP contribution in [0.25, 0.3) is 0 Å². The molecule has 1 amide bonds. The van der Waals surface area contributed by atoms with E-state index in [-0.39, 0.29) is 12.4 Å². The van der Waals surface area contributed by atoms with Gasteiger partial charge in [0.05, 0.1) is 0 Å². The van der Waals surface area contributed by atoms with Gasteiger partial charge < -0.3 is 19.2 Å². The van der Waals surface area contributed by atoms with Gasteiger partial charge in [0.1, 0.15) is 23.9 Å². The van der Waals surface area contributed by atoms with Crippen LogP contribution in [-0.2, 0) is 16.1 Å². The lowest BCUT2D eigenvalue weighted by Gasteiger charge is -2.06. The molecule has 2 aromatic carbocycles. The summed E-state index contributed by atoms with van der Waals surface area (Å²) in [5.74, 6) is -0.637. The van der Waals surface area contributed by atoms with E-state index in [2.05, 4.69) is 5.32 Å². The van der Waals surface area contributed by atoms with Crippen molar-refractivity contribution in [3.63, 3.8) is 0 Å². The van der Waals surface area contributed by atoms with Crippen LogP contribution in [0.2, 0.25) is 0 Å². The Balaban J connectivity index is 1.46. The number of hydrogen-bond acceptors (Lipinski definition) is 5. The molecule has 27 heavy (non-hydrogen) atoms. The van der Waals surface area contributed by atoms with E-state index in [9.17, 15) is 14.0 Å². The minimum atomic E-state index is -0.768. The molecular formula is C20H16FNO5. The Bertz CT molecular complexity index is 906. The Kier molecular flexibility index (Phi) is 5.84. The largest absolute Gasteiger partial charge is 0.486 e. The number of esters is 1. The lowest BCUT2D eigenvalue weighted by molar-refractivity contribution is -0.119. The number of para-hydroxylation sites is 1. The third-order valence-corrected chi connectivity index (χ3v) is 3.45. The maximum Gasteiger partial charge on any atom is 0.374 e. The van der Waals surface area contributed by atoms with E-state index in [1.807, 2.05) is 18.2 Å². The van der Waals surface area contributed by atoms with Gasteiger partial charge in [0.25, 0.3) is 5.91 Å². The number of nitrogens with one attached hydrogen (secondary N) is 1. The van der Waals surface area contributed by atoms with Gasteiger partial charge >= 0.3 is 5.97 Å². The van der Waals surface area contributed by atoms with Gasteiger partial charge in [-0.25, -0.2) is 9.18 Å². The van der Waals surface area contributed by atoms with E-state index in [1.165, 1.54) is 30.3 Å². The first-order valence-corrected chi connectivity index (χ1v) is 8.09. The number of anilines is 1. The van der Waals surface area contributed by atoms with Crippen molar-refractivity contribution in [2.24, 2.45) is 0 Å². The molecule has 0 bridgehead atoms. The number of carbonyl (C=O) groups excluding carboxylic acids is 2. The highest BCUT2D eigenvalue weighted by atomic mass is 19.1. The Labute approximate surface area is 154 Å². The smallest absolute Gasteiger partial charge is 0.374 e. The molecule has 0 spiro atoms. The maximum absolute atomic E-state index is 12.8. The first-order valence-electron chi connectivity index (χ1n) is 8.09. The molecule has 0 radical (unpaired) electrons. The lowest BCUT2D eigenvalue weighted by Crippen LogP contribution is -2.20. The van der Waals surface area contributed by atoms with Gasteiger partial charge in [-0.15, -0.1) is 0 Å². The van der Waals surface area contributed by atoms with Gasteiger partial charge in [-0.1, -0.05) is 18.2 Å². The zero-order chi connectivity index (χ0) is 19.1. The van der Waals surface area contributed by atoms with E-state index >= 15 is 0 Å². The Morgan fingerprint density at radius 1 is 0.963 bits per heavy atom. The van der Waals surface area contributed by atoms with E-state index in [0.717, 1.165) is 0 Å². The SMILES string of the molecule is O=C(COC(=O)c1ccc(COc2ccccc2)o1)Nc1ccc(F)cc1. The molecule has 0 aliphatic carbocycles. The van der Waals surface area contributed by atoms with Crippen LogP contribution < -0.4 is 10.1 Å². The lowest BCUT2D eigenvalue weighted by atomic mass is 10.3. The number of hydrogen-bond donors (Lipinski definition) is 1. The molecule has 3 rings (SSSR count). The second-order valence-corrected chi connectivity index (χ2v) is 5.50. The zero-order valence-electron chi connectivity index (χ0n) is 14.2. The summed E-state index contributed by atoms with van der Waals surface area (Å²) < 4.78 is 28.6. The number of halogens is 1. The number of furan rings is 1. The standard InChI is InChI=1S/C20H16FNO5/c21-14-6-8-15(9-7-14)22-19(23)13-26-20(24)18-11-10-17(27-18)12-25-16-4-2-1-3-5-16/h1-11H,12-13H2,(H,22,23). The maximum atomic E-state index is 12.8. The summed E-state index contributed by atoms with van der Waals surface area (Å²) in [5, 5.41) is 2.49. The highest BCUT2D eigenvalue weighted by molar-refractivity contribution is 5.94. The second-order valence-electron chi connectivity index (χ2n) is 5.50. The predicted molar refractivity (Wildman–Crippen MR) is 94.8 cm³/mol. The molecule has 0 saturated carbocycles. The molecule has 138 valence electrons. The molecule has 1 N–H and O–H groups in total. The van der Waals surface area contributed by atoms with Gasteiger partial charge in [0.15, 0.2) is 6.61 Å². The Morgan fingerprint density at radius 2 is 1.70 bits per heavy atom. The number of amides is 1. The predicted octanol–water partition coefficient (Wildman–Crippen LogP) is 3.79. The van der Waals surface area contributed by atoms with Crippen LogP contribution in [0, 0.1) is 5.82 Å². The third kappa shape index (κ3) is 5.43. The van der Waals surface area contributed by atoms with Gasteiger partial charge in [-0.3, -0.25) is 4.79 Å². The third-order valence-electron chi connectivity index (χ3n) is 3.45. The molecule has 0 unspecified atom stereocenters. The van der Waals surface area contributed by atoms with Crippen LogP contribution in [0.5, 0.6) is 5.75 Å². The highest BCUT2D eigenvalue weighted by Crippen LogP contribution is 2.14. The van der Waals surface area contributed by atoms with Crippen LogP contribution in [0.15, 0.2) is 71.1 Å². The van der Waals surface area contributed by atoms with Crippen LogP contribution >= 0.6 is 0 Å². The molecule has 6 nitrogen and oxygen atoms in total. The fourth-order valence-corrected chi connectivity index (χ4v) is 2.17. The summed E-state index contributed by atoms with van der Waals surface area (Å²) in [4.78, 5) is 23.7. The van der Waals surface area contributed by atoms with Crippen molar-refractivity contribution < 1.29 is 27.9 Å². The first kappa shape index (κ1) is 18.2. The topological polar surface area (TPSA) is 77.8 Å². The quantitative estimate of drug-likeness (QED) is 0.641. The number of benzene rings is 2. The van der Waals surface area contributed by atoms with Crippen molar-refractivity contribution in [2.45, 2.75) is 6.61 Å². The van der Waals surface area contributed by atoms with Gasteiger partial charge in [-0.2, -0.15) is 0 Å². The number of rotatable bonds is 7. The van der Waals surface area contributed by atoms with Gasteiger partial charge in [-0.05, 0) is 48.5 Å². The molecule has 0 atom stereocenters. The van der Waals surface area contributed by atoms with E-state index in [4.69, 9.17) is 13.9 Å². The van der Waals surface area contributed by atoms with Gasteiger partial charge in [0, 0.05) is 5.69 Å². The Hall–Kier alpha value is -3.61. The van der Waals surface area contributed by atoms with Crippen LogP contribution in [0.1, 0.15) is 16.3 Å². The monoisotopic (exact) mass is 369 g/mol. The average Bonchev–Trinajstić information content (AvgIpc) is 3.16. The van der Waals surface area contributed by atoms with E-state index in [1.54, 1.807) is 18.2 Å². The van der Waals surface area contributed by atoms with E-state index < -0.39 is 24.3 Å². The minimum Gasteiger partial charge on any atom is -0.486 e. The minimum absolute atomic E-state index is 0.0313. The van der Waals surface area contributed by atoms with Crippen molar-refractivity contribution in [2.75, 3.05) is 11.9 Å². The van der Waals surface area contributed by atoms with Crippen LogP contribution in [0.4, 0.5) is 10.1 Å². The number of ether oxygens (including phenoxy) is 2. The molecule has 0 aliphatic heterocycles. The molecule has 7 heteroatoms. The van der Waals surface area contributed by atoms with Crippen molar-refractivity contribution in [1.82, 2.24) is 0 Å².